The van der Waals surface area contributed by atoms with Crippen molar-refractivity contribution in [3.05, 3.63) is 76.3 Å². The molecule has 4 rings (SSSR count). The van der Waals surface area contributed by atoms with Crippen molar-refractivity contribution in [3.8, 4) is 34.4 Å². The van der Waals surface area contributed by atoms with Crippen molar-refractivity contribution in [3.63, 3.8) is 0 Å². The number of nitrogen functional groups attached to an aromatic ring is 1. The number of nitrogens with zero attached hydrogens (tertiary/aromatic N) is 2. The van der Waals surface area contributed by atoms with E-state index in [1.165, 1.54) is 0 Å². The second-order valence-electron chi connectivity index (χ2n) is 6.32. The summed E-state index contributed by atoms with van der Waals surface area (Å²) in [6.45, 7) is 2.03. The maximum absolute atomic E-state index is 9.74. The number of rotatable bonds is 1. The molecule has 3 nitrogen and oxygen atoms in total. The summed E-state index contributed by atoms with van der Waals surface area (Å²) in [5, 5.41) is 19.4. The molecule has 0 bridgehead atoms. The lowest BCUT2D eigenvalue weighted by atomic mass is 9.87. The third kappa shape index (κ3) is 2.11. The molecule has 1 aliphatic rings. The van der Waals surface area contributed by atoms with Crippen LogP contribution in [0.3, 0.4) is 0 Å². The van der Waals surface area contributed by atoms with Gasteiger partial charge >= 0.3 is 0 Å². The molecule has 0 amide bonds. The van der Waals surface area contributed by atoms with Crippen LogP contribution >= 0.6 is 0 Å². The molecule has 0 aromatic heterocycles. The highest BCUT2D eigenvalue weighted by molar-refractivity contribution is 5.96. The molecule has 0 atom stereocenters. The summed E-state index contributed by atoms with van der Waals surface area (Å²) in [6.07, 6.45) is 0.707. The van der Waals surface area contributed by atoms with Crippen LogP contribution in [-0.2, 0) is 6.42 Å². The van der Waals surface area contributed by atoms with Crippen LogP contribution in [0.25, 0.3) is 22.3 Å². The van der Waals surface area contributed by atoms with Gasteiger partial charge in [0.2, 0.25) is 0 Å². The van der Waals surface area contributed by atoms with Crippen LogP contribution in [0.5, 0.6) is 0 Å². The van der Waals surface area contributed by atoms with Gasteiger partial charge < -0.3 is 5.73 Å². The van der Waals surface area contributed by atoms with Gasteiger partial charge in [-0.05, 0) is 35.6 Å². The highest BCUT2D eigenvalue weighted by Gasteiger charge is 2.29. The fourth-order valence-corrected chi connectivity index (χ4v) is 3.67. The van der Waals surface area contributed by atoms with E-state index in [2.05, 4.69) is 18.2 Å². The smallest absolute Gasteiger partial charge is 0.102 e. The largest absolute Gasteiger partial charge is 0.397 e. The lowest BCUT2D eigenvalue weighted by Gasteiger charge is -2.16. The molecule has 0 spiro atoms. The molecule has 3 aromatic carbocycles. The lowest BCUT2D eigenvalue weighted by molar-refractivity contribution is 1.25. The average molecular weight is 321 g/mol. The summed E-state index contributed by atoms with van der Waals surface area (Å²) in [5.41, 5.74) is 14.4. The standard InChI is InChI=1S/C22H15N3/c1-13-6-8-14(9-7-13)20-17-10-15-4-2-3-5-16(15)21(17)19(12-24)22(25)18(20)11-23/h2-9H,10,25H2,1H3. The Morgan fingerprint density at radius 3 is 2.20 bits per heavy atom. The molecule has 0 heterocycles. The van der Waals surface area contributed by atoms with Gasteiger partial charge in [0.25, 0.3) is 0 Å². The van der Waals surface area contributed by atoms with Crippen molar-refractivity contribution in [2.45, 2.75) is 13.3 Å². The van der Waals surface area contributed by atoms with Gasteiger partial charge in [0.1, 0.15) is 12.1 Å². The van der Waals surface area contributed by atoms with Gasteiger partial charge in [0.15, 0.2) is 0 Å². The van der Waals surface area contributed by atoms with Gasteiger partial charge in [-0.3, -0.25) is 0 Å². The maximum Gasteiger partial charge on any atom is 0.102 e. The van der Waals surface area contributed by atoms with Crippen LogP contribution in [0.1, 0.15) is 27.8 Å². The van der Waals surface area contributed by atoms with E-state index < -0.39 is 0 Å². The predicted molar refractivity (Wildman–Crippen MR) is 98.7 cm³/mol. The minimum absolute atomic E-state index is 0.274. The van der Waals surface area contributed by atoms with Crippen molar-refractivity contribution < 1.29 is 0 Å². The molecule has 3 heteroatoms. The zero-order valence-corrected chi connectivity index (χ0v) is 13.8. The second-order valence-corrected chi connectivity index (χ2v) is 6.32. The Kier molecular flexibility index (Phi) is 3.31. The highest BCUT2D eigenvalue weighted by Crippen LogP contribution is 2.47. The van der Waals surface area contributed by atoms with Crippen LogP contribution in [0, 0.1) is 29.6 Å². The number of fused-ring (bicyclic) bond motifs is 3. The number of nitriles is 2. The fourth-order valence-electron chi connectivity index (χ4n) is 3.67. The van der Waals surface area contributed by atoms with Crippen LogP contribution in [0.4, 0.5) is 5.69 Å². The van der Waals surface area contributed by atoms with Crippen molar-refractivity contribution in [1.82, 2.24) is 0 Å². The number of anilines is 1. The molecule has 0 saturated heterocycles. The molecule has 0 radical (unpaired) electrons. The molecule has 2 N–H and O–H groups in total. The average Bonchev–Trinajstić information content (AvgIpc) is 3.01. The van der Waals surface area contributed by atoms with Crippen molar-refractivity contribution in [1.29, 1.82) is 10.5 Å². The minimum Gasteiger partial charge on any atom is -0.397 e. The van der Waals surface area contributed by atoms with Gasteiger partial charge in [-0.2, -0.15) is 10.5 Å². The maximum atomic E-state index is 9.74. The van der Waals surface area contributed by atoms with Gasteiger partial charge in [-0.25, -0.2) is 0 Å². The first-order valence-electron chi connectivity index (χ1n) is 8.09. The van der Waals surface area contributed by atoms with Crippen LogP contribution < -0.4 is 5.73 Å². The lowest BCUT2D eigenvalue weighted by Crippen LogP contribution is -2.03. The molecule has 0 saturated carbocycles. The summed E-state index contributed by atoms with van der Waals surface area (Å²) in [5.74, 6) is 0. The fraction of sp³-hybridized carbons (Fsp3) is 0.0909. The Bertz CT molecular complexity index is 1090. The van der Waals surface area contributed by atoms with Gasteiger partial charge in [0, 0.05) is 11.1 Å². The molecule has 0 fully saturated rings. The first-order chi connectivity index (χ1) is 12.2. The van der Waals surface area contributed by atoms with Crippen LogP contribution in [0.2, 0.25) is 0 Å². The van der Waals surface area contributed by atoms with E-state index in [-0.39, 0.29) is 5.69 Å². The van der Waals surface area contributed by atoms with E-state index in [0.717, 1.165) is 38.9 Å². The Labute approximate surface area is 146 Å². The van der Waals surface area contributed by atoms with Crippen molar-refractivity contribution >= 4 is 5.69 Å². The zero-order valence-electron chi connectivity index (χ0n) is 13.8. The number of nitrogens with two attached hydrogens (primary N) is 1. The van der Waals surface area contributed by atoms with Crippen LogP contribution in [0.15, 0.2) is 48.5 Å². The van der Waals surface area contributed by atoms with Gasteiger partial charge in [-0.15, -0.1) is 0 Å². The SMILES string of the molecule is Cc1ccc(-c2c(C#N)c(N)c(C#N)c3c2Cc2ccccc2-3)cc1. The topological polar surface area (TPSA) is 73.6 Å². The zero-order chi connectivity index (χ0) is 17.6. The summed E-state index contributed by atoms with van der Waals surface area (Å²) in [6, 6.07) is 20.6. The monoisotopic (exact) mass is 321 g/mol. The Morgan fingerprint density at radius 2 is 1.52 bits per heavy atom. The quantitative estimate of drug-likeness (QED) is 0.522. The molecule has 0 unspecified atom stereocenters. The minimum atomic E-state index is 0.274. The van der Waals surface area contributed by atoms with E-state index in [9.17, 15) is 10.5 Å². The highest BCUT2D eigenvalue weighted by atomic mass is 14.6. The molecular weight excluding hydrogens is 306 g/mol. The summed E-state index contributed by atoms with van der Waals surface area (Å²) >= 11 is 0. The van der Waals surface area contributed by atoms with E-state index in [0.29, 0.717) is 17.5 Å². The van der Waals surface area contributed by atoms with E-state index >= 15 is 0 Å². The molecule has 0 aliphatic heterocycles. The number of hydrogen-bond donors (Lipinski definition) is 1. The first-order valence-corrected chi connectivity index (χ1v) is 8.09. The molecule has 3 aromatic rings. The second kappa shape index (κ2) is 5.51. The van der Waals surface area contributed by atoms with Crippen molar-refractivity contribution in [2.75, 3.05) is 5.73 Å². The van der Waals surface area contributed by atoms with Gasteiger partial charge in [-0.1, -0.05) is 54.1 Å². The molecular formula is C22H15N3. The normalized spacial score (nSPS) is 11.3. The third-order valence-corrected chi connectivity index (χ3v) is 4.86. The first kappa shape index (κ1) is 15.0. The Hall–Kier alpha value is -3.56. The predicted octanol–water partition coefficient (Wildman–Crippen LogP) is 4.56. The summed E-state index contributed by atoms with van der Waals surface area (Å²) in [4.78, 5) is 0. The Balaban J connectivity index is 2.14. The molecule has 118 valence electrons. The third-order valence-electron chi connectivity index (χ3n) is 4.86. The summed E-state index contributed by atoms with van der Waals surface area (Å²) < 4.78 is 0. The van der Waals surface area contributed by atoms with E-state index in [1.807, 2.05) is 49.4 Å². The number of aryl methyl sites for hydroxylation is 1. The van der Waals surface area contributed by atoms with E-state index in [4.69, 9.17) is 5.73 Å². The number of hydrogen-bond acceptors (Lipinski definition) is 3. The van der Waals surface area contributed by atoms with E-state index in [1.54, 1.807) is 0 Å². The Morgan fingerprint density at radius 1 is 0.880 bits per heavy atom. The summed E-state index contributed by atoms with van der Waals surface area (Å²) in [7, 11) is 0. The molecule has 25 heavy (non-hydrogen) atoms. The van der Waals surface area contributed by atoms with Crippen molar-refractivity contribution in [2.24, 2.45) is 0 Å². The number of benzene rings is 3. The van der Waals surface area contributed by atoms with Crippen LogP contribution in [-0.4, -0.2) is 0 Å². The van der Waals surface area contributed by atoms with Gasteiger partial charge in [0.05, 0.1) is 16.8 Å². The molecule has 1 aliphatic carbocycles.